The zero-order chi connectivity index (χ0) is 9.78. The minimum absolute atomic E-state index is 0.199. The predicted molar refractivity (Wildman–Crippen MR) is 45.3 cm³/mol. The lowest BCUT2D eigenvalue weighted by Crippen LogP contribution is -2.08. The molecule has 0 saturated heterocycles. The number of carbonyl (C=O) groups excluding carboxylic acids is 1. The van der Waals surface area contributed by atoms with Crippen molar-refractivity contribution >= 4 is 5.97 Å². The van der Waals surface area contributed by atoms with Crippen LogP contribution >= 0.6 is 0 Å². The van der Waals surface area contributed by atoms with Crippen LogP contribution in [0.3, 0.4) is 0 Å². The highest BCUT2D eigenvalue weighted by molar-refractivity contribution is 5.85. The number of rotatable bonds is 2. The summed E-state index contributed by atoms with van der Waals surface area (Å²) < 4.78 is 17.3. The van der Waals surface area contributed by atoms with Crippen molar-refractivity contribution in [1.82, 2.24) is 0 Å². The maximum Gasteiger partial charge on any atom is 0.366 e. The Labute approximate surface area is 72.4 Å². The van der Waals surface area contributed by atoms with Crippen LogP contribution in [0.25, 0.3) is 0 Å². The third-order valence-electron chi connectivity index (χ3n) is 1.03. The Morgan fingerprint density at radius 2 is 2.00 bits per heavy atom. The van der Waals surface area contributed by atoms with E-state index < -0.39 is 11.8 Å². The monoisotopic (exact) mass is 174 g/mol. The maximum absolute atomic E-state index is 12.9. The van der Waals surface area contributed by atoms with E-state index in [-0.39, 0.29) is 12.0 Å². The topological polar surface area (TPSA) is 26.3 Å². The molecule has 0 aliphatic rings. The first-order valence-corrected chi connectivity index (χ1v) is 3.92. The summed E-state index contributed by atoms with van der Waals surface area (Å²) in [6.45, 7) is 7.27. The van der Waals surface area contributed by atoms with Crippen LogP contribution in [0.5, 0.6) is 0 Å². The van der Waals surface area contributed by atoms with Gasteiger partial charge in [0.15, 0.2) is 0 Å². The van der Waals surface area contributed by atoms with E-state index in [2.05, 4.69) is 4.74 Å². The van der Waals surface area contributed by atoms with Gasteiger partial charge in [-0.15, -0.1) is 0 Å². The highest BCUT2D eigenvalue weighted by atomic mass is 19.1. The van der Waals surface area contributed by atoms with Gasteiger partial charge in [-0.05, 0) is 18.4 Å². The van der Waals surface area contributed by atoms with Gasteiger partial charge in [-0.2, -0.15) is 4.39 Å². The number of carbonyl (C=O) groups is 1. The molecule has 2 nitrogen and oxygen atoms in total. The average Bonchev–Trinajstić information content (AvgIpc) is 1.84. The minimum Gasteiger partial charge on any atom is -0.461 e. The molecular weight excluding hydrogens is 159 g/mol. The largest absolute Gasteiger partial charge is 0.461 e. The standard InChI is InChI=1S/C9H15FO2/c1-5-12-8(11)7(10)6-9(2,3)4/h6H,5H2,1-4H3. The molecule has 0 heterocycles. The first kappa shape index (κ1) is 11.1. The zero-order valence-electron chi connectivity index (χ0n) is 7.98. The van der Waals surface area contributed by atoms with Crippen molar-refractivity contribution in [2.75, 3.05) is 6.61 Å². The van der Waals surface area contributed by atoms with Gasteiger partial charge in [0.2, 0.25) is 5.83 Å². The molecule has 0 aliphatic carbocycles. The van der Waals surface area contributed by atoms with Gasteiger partial charge < -0.3 is 4.74 Å². The first-order valence-electron chi connectivity index (χ1n) is 3.92. The van der Waals surface area contributed by atoms with Crippen LogP contribution < -0.4 is 0 Å². The van der Waals surface area contributed by atoms with Gasteiger partial charge in [0.25, 0.3) is 0 Å². The van der Waals surface area contributed by atoms with Crippen LogP contribution in [-0.2, 0) is 9.53 Å². The lowest BCUT2D eigenvalue weighted by Gasteiger charge is -2.11. The van der Waals surface area contributed by atoms with Crippen molar-refractivity contribution in [1.29, 1.82) is 0 Å². The second kappa shape index (κ2) is 4.24. The van der Waals surface area contributed by atoms with E-state index >= 15 is 0 Å². The van der Waals surface area contributed by atoms with E-state index in [9.17, 15) is 9.18 Å². The highest BCUT2D eigenvalue weighted by Gasteiger charge is 2.14. The number of ether oxygens (including phenoxy) is 1. The summed E-state index contributed by atoms with van der Waals surface area (Å²) in [7, 11) is 0. The van der Waals surface area contributed by atoms with Crippen molar-refractivity contribution < 1.29 is 13.9 Å². The van der Waals surface area contributed by atoms with Gasteiger partial charge in [-0.3, -0.25) is 0 Å². The number of hydrogen-bond acceptors (Lipinski definition) is 2. The number of esters is 1. The Bertz CT molecular complexity index is 189. The van der Waals surface area contributed by atoms with Gasteiger partial charge >= 0.3 is 5.97 Å². The van der Waals surface area contributed by atoms with Crippen LogP contribution in [0.2, 0.25) is 0 Å². The molecular formula is C9H15FO2. The normalized spacial score (nSPS) is 12.9. The second-order valence-corrected chi connectivity index (χ2v) is 3.58. The van der Waals surface area contributed by atoms with Crippen LogP contribution in [0.1, 0.15) is 27.7 Å². The Hall–Kier alpha value is -0.860. The maximum atomic E-state index is 12.9. The molecule has 0 bridgehead atoms. The lowest BCUT2D eigenvalue weighted by molar-refractivity contribution is -0.140. The van der Waals surface area contributed by atoms with E-state index in [1.807, 2.05) is 20.8 Å². The van der Waals surface area contributed by atoms with Gasteiger partial charge in [0.1, 0.15) is 0 Å². The van der Waals surface area contributed by atoms with Crippen molar-refractivity contribution in [2.24, 2.45) is 5.41 Å². The summed E-state index contributed by atoms with van der Waals surface area (Å²) in [5, 5.41) is 0. The van der Waals surface area contributed by atoms with Gasteiger partial charge in [-0.25, -0.2) is 4.79 Å². The van der Waals surface area contributed by atoms with E-state index in [0.29, 0.717) is 0 Å². The quantitative estimate of drug-likeness (QED) is 0.474. The molecule has 0 aromatic rings. The van der Waals surface area contributed by atoms with Crippen molar-refractivity contribution in [3.05, 3.63) is 11.9 Å². The fraction of sp³-hybridized carbons (Fsp3) is 0.667. The van der Waals surface area contributed by atoms with E-state index in [1.54, 1.807) is 6.92 Å². The summed E-state index contributed by atoms with van der Waals surface area (Å²) in [6, 6.07) is 0. The lowest BCUT2D eigenvalue weighted by atomic mass is 9.96. The van der Waals surface area contributed by atoms with Crippen LogP contribution in [0, 0.1) is 5.41 Å². The molecule has 0 amide bonds. The molecule has 3 heteroatoms. The summed E-state index contributed by atoms with van der Waals surface area (Å²) in [5.41, 5.74) is -0.336. The first-order chi connectivity index (χ1) is 5.37. The molecule has 0 radical (unpaired) electrons. The van der Waals surface area contributed by atoms with Crippen LogP contribution in [0.4, 0.5) is 4.39 Å². The zero-order valence-corrected chi connectivity index (χ0v) is 7.98. The molecule has 0 saturated carbocycles. The molecule has 12 heavy (non-hydrogen) atoms. The van der Waals surface area contributed by atoms with Crippen LogP contribution in [-0.4, -0.2) is 12.6 Å². The SMILES string of the molecule is CCOC(=O)C(F)=CC(C)(C)C. The smallest absolute Gasteiger partial charge is 0.366 e. The minimum atomic E-state index is -0.882. The molecule has 0 N–H and O–H groups in total. The molecule has 70 valence electrons. The van der Waals surface area contributed by atoms with Crippen molar-refractivity contribution in [3.8, 4) is 0 Å². The van der Waals surface area contributed by atoms with Gasteiger partial charge in [0.05, 0.1) is 6.61 Å². The fourth-order valence-electron chi connectivity index (χ4n) is 0.639. The molecule has 0 aromatic carbocycles. The molecule has 0 aliphatic heterocycles. The Balaban J connectivity index is 4.28. The molecule has 0 fully saturated rings. The van der Waals surface area contributed by atoms with Crippen molar-refractivity contribution in [2.45, 2.75) is 27.7 Å². The molecule has 0 unspecified atom stereocenters. The van der Waals surface area contributed by atoms with Crippen molar-refractivity contribution in [3.63, 3.8) is 0 Å². The summed E-state index contributed by atoms with van der Waals surface area (Å²) in [4.78, 5) is 10.8. The summed E-state index contributed by atoms with van der Waals surface area (Å²) in [5.74, 6) is -1.70. The van der Waals surface area contributed by atoms with Gasteiger partial charge in [-0.1, -0.05) is 20.8 Å². The number of hydrogen-bond donors (Lipinski definition) is 0. The van der Waals surface area contributed by atoms with E-state index in [4.69, 9.17) is 0 Å². The second-order valence-electron chi connectivity index (χ2n) is 3.58. The van der Waals surface area contributed by atoms with E-state index in [0.717, 1.165) is 0 Å². The van der Waals surface area contributed by atoms with E-state index in [1.165, 1.54) is 6.08 Å². The Morgan fingerprint density at radius 3 is 2.33 bits per heavy atom. The van der Waals surface area contributed by atoms with Crippen LogP contribution in [0.15, 0.2) is 11.9 Å². The fourth-order valence-corrected chi connectivity index (χ4v) is 0.639. The highest BCUT2D eigenvalue weighted by Crippen LogP contribution is 2.18. The molecule has 0 rings (SSSR count). The average molecular weight is 174 g/mol. The number of halogens is 1. The molecule has 0 spiro atoms. The third kappa shape index (κ3) is 4.88. The van der Waals surface area contributed by atoms with Gasteiger partial charge in [0, 0.05) is 0 Å². The third-order valence-corrected chi connectivity index (χ3v) is 1.03. The summed E-state index contributed by atoms with van der Waals surface area (Å²) >= 11 is 0. The Morgan fingerprint density at radius 1 is 1.50 bits per heavy atom. The molecule has 0 aromatic heterocycles. The predicted octanol–water partition coefficient (Wildman–Crippen LogP) is 2.45. The Kier molecular flexibility index (Phi) is 3.93. The number of allylic oxidation sites excluding steroid dienone is 1. The summed E-state index contributed by atoms with van der Waals surface area (Å²) in [6.07, 6.45) is 1.25. The molecule has 0 atom stereocenters.